The largest absolute Gasteiger partial charge is 0.412 e. The number of hydrogen-bond donors (Lipinski definition) is 4. The molecule has 0 saturated heterocycles. The smallest absolute Gasteiger partial charge is 0.153 e. The summed E-state index contributed by atoms with van der Waals surface area (Å²) in [5.41, 5.74) is 6.61. The molecule has 1 aromatic heterocycles. The fourth-order valence-electron chi connectivity index (χ4n) is 1.54. The fraction of sp³-hybridized carbons (Fsp3) is 0.222. The van der Waals surface area contributed by atoms with Crippen molar-refractivity contribution in [2.75, 3.05) is 5.73 Å². The van der Waals surface area contributed by atoms with Crippen LogP contribution in [0.5, 0.6) is 0 Å². The summed E-state index contributed by atoms with van der Waals surface area (Å²) in [4.78, 5) is 0. The Morgan fingerprint density at radius 1 is 0.962 bits per heavy atom. The number of H-pyrrole nitrogens is 1. The lowest BCUT2D eigenvalue weighted by atomic mass is 10.2. The SMILES string of the molecule is CC.CC.N#Cc1ccccc1F.NN.Nc1n[nH]c2ccccc12.O. The summed E-state index contributed by atoms with van der Waals surface area (Å²) in [5, 5.41) is 15.9. The van der Waals surface area contributed by atoms with Crippen molar-refractivity contribution >= 4 is 16.7 Å². The van der Waals surface area contributed by atoms with Crippen LogP contribution >= 0.6 is 0 Å². The van der Waals surface area contributed by atoms with Crippen LogP contribution in [0, 0.1) is 17.1 Å². The van der Waals surface area contributed by atoms with Crippen molar-refractivity contribution in [3.8, 4) is 6.07 Å². The molecular formula is C18H29FN6O. The number of fused-ring (bicyclic) bond motifs is 1. The number of anilines is 1. The van der Waals surface area contributed by atoms with E-state index < -0.39 is 5.82 Å². The average molecular weight is 364 g/mol. The Kier molecular flexibility index (Phi) is 19.6. The van der Waals surface area contributed by atoms with Gasteiger partial charge in [0.25, 0.3) is 0 Å². The highest BCUT2D eigenvalue weighted by Crippen LogP contribution is 2.15. The van der Waals surface area contributed by atoms with Crippen molar-refractivity contribution < 1.29 is 9.87 Å². The molecule has 0 aliphatic heterocycles. The lowest BCUT2D eigenvalue weighted by molar-refractivity contribution is 0.624. The van der Waals surface area contributed by atoms with Crippen LogP contribution in [0.2, 0.25) is 0 Å². The van der Waals surface area contributed by atoms with E-state index in [-0.39, 0.29) is 11.0 Å². The standard InChI is InChI=1S/C7H4FN.C7H7N3.2C2H6.H4N2.H2O/c8-7-4-2-1-3-6(7)5-9;8-7-5-3-1-2-4-6(5)9-10-7;3*1-2;/h1-4H;1-4H,(H3,8,9,10);2*1-2H3;1-2H2;1H2. The van der Waals surface area contributed by atoms with Gasteiger partial charge >= 0.3 is 0 Å². The van der Waals surface area contributed by atoms with Gasteiger partial charge in [0.15, 0.2) is 5.82 Å². The van der Waals surface area contributed by atoms with Crippen molar-refractivity contribution in [2.45, 2.75) is 27.7 Å². The second kappa shape index (κ2) is 18.4. The molecule has 0 spiro atoms. The summed E-state index contributed by atoms with van der Waals surface area (Å²) in [7, 11) is 0. The highest BCUT2D eigenvalue weighted by molar-refractivity contribution is 5.88. The second-order valence-electron chi connectivity index (χ2n) is 3.75. The van der Waals surface area contributed by atoms with Crippen molar-refractivity contribution in [1.82, 2.24) is 10.2 Å². The molecule has 0 radical (unpaired) electrons. The molecule has 3 rings (SSSR count). The molecule has 1 heterocycles. The average Bonchev–Trinajstić information content (AvgIpc) is 3.09. The first kappa shape index (κ1) is 27.8. The van der Waals surface area contributed by atoms with Gasteiger partial charge < -0.3 is 11.2 Å². The molecule has 7 nitrogen and oxygen atoms in total. The number of nitrogens with two attached hydrogens (primary N) is 3. The van der Waals surface area contributed by atoms with Crippen LogP contribution in [-0.2, 0) is 0 Å². The molecule has 0 unspecified atom stereocenters. The Labute approximate surface area is 153 Å². The first-order valence-electron chi connectivity index (χ1n) is 7.89. The molecule has 26 heavy (non-hydrogen) atoms. The van der Waals surface area contributed by atoms with Gasteiger partial charge in [-0.2, -0.15) is 10.4 Å². The number of halogens is 1. The lowest BCUT2D eigenvalue weighted by Gasteiger charge is -1.86. The number of hydrazine groups is 1. The molecule has 9 N–H and O–H groups in total. The van der Waals surface area contributed by atoms with Gasteiger partial charge in [-0.15, -0.1) is 0 Å². The Balaban J connectivity index is -0.000000309. The lowest BCUT2D eigenvalue weighted by Crippen LogP contribution is -2.02. The van der Waals surface area contributed by atoms with Gasteiger partial charge in [0, 0.05) is 5.39 Å². The third kappa shape index (κ3) is 9.34. The number of nitrogens with one attached hydrogen (secondary N) is 1. The zero-order chi connectivity index (χ0) is 19.7. The predicted molar refractivity (Wildman–Crippen MR) is 106 cm³/mol. The van der Waals surface area contributed by atoms with Crippen LogP contribution in [-0.4, -0.2) is 15.7 Å². The topological polar surface area (TPSA) is 162 Å². The maximum absolute atomic E-state index is 12.4. The molecule has 0 bridgehead atoms. The molecule has 3 aromatic rings. The van der Waals surface area contributed by atoms with Gasteiger partial charge in [0.2, 0.25) is 0 Å². The summed E-state index contributed by atoms with van der Waals surface area (Å²) in [6.45, 7) is 8.00. The summed E-state index contributed by atoms with van der Waals surface area (Å²) < 4.78 is 12.4. The molecule has 0 amide bonds. The molecule has 144 valence electrons. The van der Waals surface area contributed by atoms with E-state index in [1.165, 1.54) is 12.1 Å². The number of rotatable bonds is 0. The van der Waals surface area contributed by atoms with Crippen LogP contribution in [0.4, 0.5) is 10.2 Å². The molecule has 0 aliphatic rings. The molecule has 0 aliphatic carbocycles. The van der Waals surface area contributed by atoms with Gasteiger partial charge in [0.05, 0.1) is 11.1 Å². The van der Waals surface area contributed by atoms with E-state index in [0.717, 1.165) is 10.9 Å². The monoisotopic (exact) mass is 364 g/mol. The van der Waals surface area contributed by atoms with E-state index in [1.807, 2.05) is 52.0 Å². The quantitative estimate of drug-likeness (QED) is 0.355. The van der Waals surface area contributed by atoms with E-state index in [1.54, 1.807) is 18.2 Å². The summed E-state index contributed by atoms with van der Waals surface area (Å²) in [5.74, 6) is 8.11. The third-order valence-electron chi connectivity index (χ3n) is 2.49. The van der Waals surface area contributed by atoms with Crippen molar-refractivity contribution in [3.05, 3.63) is 59.9 Å². The highest BCUT2D eigenvalue weighted by Gasteiger charge is 1.97. The normalized spacial score (nSPS) is 7.62. The van der Waals surface area contributed by atoms with E-state index in [9.17, 15) is 4.39 Å². The Morgan fingerprint density at radius 2 is 1.46 bits per heavy atom. The van der Waals surface area contributed by atoms with Crippen LogP contribution in [0.25, 0.3) is 10.9 Å². The van der Waals surface area contributed by atoms with Gasteiger partial charge in [0.1, 0.15) is 11.9 Å². The zero-order valence-corrected chi connectivity index (χ0v) is 15.6. The van der Waals surface area contributed by atoms with Crippen molar-refractivity contribution in [3.63, 3.8) is 0 Å². The van der Waals surface area contributed by atoms with E-state index in [4.69, 9.17) is 11.0 Å². The molecular weight excluding hydrogens is 335 g/mol. The van der Waals surface area contributed by atoms with E-state index >= 15 is 0 Å². The summed E-state index contributed by atoms with van der Waals surface area (Å²) in [6, 6.07) is 15.4. The van der Waals surface area contributed by atoms with Gasteiger partial charge in [-0.05, 0) is 24.3 Å². The molecule has 0 atom stereocenters. The molecule has 2 aromatic carbocycles. The number of nitrogens with zero attached hydrogens (tertiary/aromatic N) is 2. The van der Waals surface area contributed by atoms with Crippen LogP contribution in [0.1, 0.15) is 33.3 Å². The van der Waals surface area contributed by atoms with E-state index in [2.05, 4.69) is 21.9 Å². The maximum atomic E-state index is 12.4. The molecule has 0 saturated carbocycles. The van der Waals surface area contributed by atoms with Crippen LogP contribution < -0.4 is 17.4 Å². The van der Waals surface area contributed by atoms with Gasteiger partial charge in [-0.3, -0.25) is 16.8 Å². The number of nitrogen functional groups attached to an aromatic ring is 1. The first-order valence-corrected chi connectivity index (χ1v) is 7.89. The van der Waals surface area contributed by atoms with Gasteiger partial charge in [-0.1, -0.05) is 52.0 Å². The Hall–Kier alpha value is -2.99. The minimum atomic E-state index is -0.458. The summed E-state index contributed by atoms with van der Waals surface area (Å²) >= 11 is 0. The predicted octanol–water partition coefficient (Wildman–Crippen LogP) is 2.89. The van der Waals surface area contributed by atoms with Crippen molar-refractivity contribution in [2.24, 2.45) is 11.7 Å². The highest BCUT2D eigenvalue weighted by atomic mass is 19.1. The number of nitriles is 1. The molecule has 8 heteroatoms. The fourth-order valence-corrected chi connectivity index (χ4v) is 1.54. The van der Waals surface area contributed by atoms with Crippen molar-refractivity contribution in [1.29, 1.82) is 5.26 Å². The number of para-hydroxylation sites is 1. The maximum Gasteiger partial charge on any atom is 0.153 e. The number of aromatic nitrogens is 2. The van der Waals surface area contributed by atoms with E-state index in [0.29, 0.717) is 5.82 Å². The Morgan fingerprint density at radius 3 is 1.92 bits per heavy atom. The van der Waals surface area contributed by atoms with Crippen LogP contribution in [0.15, 0.2) is 48.5 Å². The number of aromatic amines is 1. The summed E-state index contributed by atoms with van der Waals surface area (Å²) in [6.07, 6.45) is 0. The van der Waals surface area contributed by atoms with Gasteiger partial charge in [-0.25, -0.2) is 4.39 Å². The third-order valence-corrected chi connectivity index (χ3v) is 2.49. The number of hydrogen-bond acceptors (Lipinski definition) is 5. The minimum absolute atomic E-state index is 0. The second-order valence-corrected chi connectivity index (χ2v) is 3.75. The van der Waals surface area contributed by atoms with Crippen LogP contribution in [0.3, 0.4) is 0 Å². The number of benzene rings is 2. The first-order chi connectivity index (χ1) is 12.2. The Bertz CT molecular complexity index is 740. The zero-order valence-electron chi connectivity index (χ0n) is 15.6. The minimum Gasteiger partial charge on any atom is -0.412 e. The molecule has 0 fully saturated rings.